The van der Waals surface area contributed by atoms with E-state index in [1.54, 1.807) is 49.4 Å². The smallest absolute Gasteiger partial charge is 0.345 e. The molecule has 0 aliphatic heterocycles. The van der Waals surface area contributed by atoms with E-state index in [0.29, 0.717) is 12.1 Å². The minimum Gasteiger partial charge on any atom is -0.481 e. The molecule has 1 atom stereocenters. The van der Waals surface area contributed by atoms with E-state index in [1.807, 2.05) is 0 Å². The van der Waals surface area contributed by atoms with Crippen LogP contribution < -0.4 is 21.1 Å². The number of urea groups is 1. The summed E-state index contributed by atoms with van der Waals surface area (Å²) in [5, 5.41) is 4.53. The molecule has 29 heavy (non-hydrogen) atoms. The molecule has 0 spiro atoms. The van der Waals surface area contributed by atoms with Crippen LogP contribution in [0.15, 0.2) is 54.6 Å². The maximum absolute atomic E-state index is 12.4. The highest BCUT2D eigenvalue weighted by Crippen LogP contribution is 2.20. The van der Waals surface area contributed by atoms with Gasteiger partial charge in [0.2, 0.25) is 6.10 Å². The van der Waals surface area contributed by atoms with Crippen LogP contribution >= 0.6 is 0 Å². The van der Waals surface area contributed by atoms with Crippen molar-refractivity contribution < 1.29 is 28.7 Å². The molecule has 2 aromatic carbocycles. The van der Waals surface area contributed by atoms with Crippen LogP contribution in [0.4, 0.5) is 4.79 Å². The molecular formula is C20H21N3O6. The van der Waals surface area contributed by atoms with Crippen molar-refractivity contribution in [3.05, 3.63) is 65.7 Å². The van der Waals surface area contributed by atoms with Gasteiger partial charge in [0.15, 0.2) is 6.61 Å². The summed E-state index contributed by atoms with van der Waals surface area (Å²) in [6, 6.07) is 13.7. The van der Waals surface area contributed by atoms with Crippen molar-refractivity contribution in [3.63, 3.8) is 0 Å². The quantitative estimate of drug-likeness (QED) is 0.572. The van der Waals surface area contributed by atoms with E-state index >= 15 is 0 Å². The van der Waals surface area contributed by atoms with Gasteiger partial charge in [0.1, 0.15) is 5.75 Å². The molecule has 0 unspecified atom stereocenters. The van der Waals surface area contributed by atoms with E-state index in [9.17, 15) is 19.2 Å². The summed E-state index contributed by atoms with van der Waals surface area (Å²) in [5.74, 6) is -2.28. The monoisotopic (exact) mass is 399 g/mol. The average Bonchev–Trinajstić information content (AvgIpc) is 2.71. The van der Waals surface area contributed by atoms with Crippen molar-refractivity contribution in [1.29, 1.82) is 0 Å². The molecule has 0 saturated carbocycles. The van der Waals surface area contributed by atoms with Crippen molar-refractivity contribution >= 4 is 23.8 Å². The summed E-state index contributed by atoms with van der Waals surface area (Å²) in [6.45, 7) is 1.45. The van der Waals surface area contributed by atoms with Crippen LogP contribution in [0.25, 0.3) is 0 Å². The Balaban J connectivity index is 2.08. The molecule has 2 rings (SSSR count). The number of rotatable bonds is 8. The maximum Gasteiger partial charge on any atom is 0.345 e. The van der Waals surface area contributed by atoms with Crippen LogP contribution in [0.2, 0.25) is 0 Å². The number of carbonyl (C=O) groups excluding carboxylic acids is 4. The molecule has 0 aromatic heterocycles. The predicted molar refractivity (Wildman–Crippen MR) is 103 cm³/mol. The standard InChI is InChI=1S/C20H21N3O6/c1-2-22-20(27)23-19(26)17(13-8-4-3-5-9-13)29-16(24)12-28-15-11-7-6-10-14(15)18(21)25/h3-11,17H,2,12H2,1H3,(H2,21,25)(H2,22,23,26,27)/t17-/m1/s1. The Morgan fingerprint density at radius 3 is 2.31 bits per heavy atom. The Morgan fingerprint density at radius 1 is 1.00 bits per heavy atom. The number of hydrogen-bond acceptors (Lipinski definition) is 6. The first-order valence-corrected chi connectivity index (χ1v) is 8.77. The normalized spacial score (nSPS) is 11.1. The number of nitrogens with one attached hydrogen (secondary N) is 2. The lowest BCUT2D eigenvalue weighted by Gasteiger charge is -2.18. The second-order valence-corrected chi connectivity index (χ2v) is 5.78. The third-order valence-electron chi connectivity index (χ3n) is 3.66. The molecule has 4 N–H and O–H groups in total. The number of esters is 1. The number of primary amides is 1. The van der Waals surface area contributed by atoms with Crippen LogP contribution in [0, 0.1) is 0 Å². The summed E-state index contributed by atoms with van der Waals surface area (Å²) in [5.41, 5.74) is 5.74. The summed E-state index contributed by atoms with van der Waals surface area (Å²) < 4.78 is 10.5. The van der Waals surface area contributed by atoms with Gasteiger partial charge < -0.3 is 20.5 Å². The molecule has 0 bridgehead atoms. The van der Waals surface area contributed by atoms with Crippen molar-refractivity contribution in [2.24, 2.45) is 5.73 Å². The fourth-order valence-corrected chi connectivity index (χ4v) is 2.38. The number of para-hydroxylation sites is 1. The van der Waals surface area contributed by atoms with Crippen LogP contribution in [-0.2, 0) is 14.3 Å². The van der Waals surface area contributed by atoms with Crippen LogP contribution in [0.1, 0.15) is 28.9 Å². The molecule has 4 amide bonds. The molecule has 152 valence electrons. The number of imide groups is 1. The number of benzene rings is 2. The van der Waals surface area contributed by atoms with Crippen molar-refractivity contribution in [1.82, 2.24) is 10.6 Å². The lowest BCUT2D eigenvalue weighted by molar-refractivity contribution is -0.158. The molecule has 0 aliphatic rings. The van der Waals surface area contributed by atoms with E-state index in [-0.39, 0.29) is 11.3 Å². The highest BCUT2D eigenvalue weighted by Gasteiger charge is 2.26. The maximum atomic E-state index is 12.4. The van der Waals surface area contributed by atoms with Gasteiger partial charge in [-0.15, -0.1) is 0 Å². The zero-order chi connectivity index (χ0) is 21.2. The summed E-state index contributed by atoms with van der Waals surface area (Å²) >= 11 is 0. The molecular weight excluding hydrogens is 378 g/mol. The van der Waals surface area contributed by atoms with E-state index in [2.05, 4.69) is 10.6 Å². The Labute approximate surface area is 167 Å². The van der Waals surface area contributed by atoms with Crippen LogP contribution in [-0.4, -0.2) is 37.0 Å². The first-order valence-electron chi connectivity index (χ1n) is 8.77. The number of nitrogens with two attached hydrogens (primary N) is 1. The van der Waals surface area contributed by atoms with Gasteiger partial charge in [-0.2, -0.15) is 0 Å². The van der Waals surface area contributed by atoms with Gasteiger partial charge in [0, 0.05) is 12.1 Å². The molecule has 0 heterocycles. The van der Waals surface area contributed by atoms with Gasteiger partial charge in [0.25, 0.3) is 11.8 Å². The van der Waals surface area contributed by atoms with Crippen molar-refractivity contribution in [3.8, 4) is 5.75 Å². The lowest BCUT2D eigenvalue weighted by atomic mass is 10.1. The number of carbonyl (C=O) groups is 4. The molecule has 0 radical (unpaired) electrons. The van der Waals surface area contributed by atoms with E-state index in [0.717, 1.165) is 0 Å². The third-order valence-corrected chi connectivity index (χ3v) is 3.66. The van der Waals surface area contributed by atoms with Gasteiger partial charge in [-0.3, -0.25) is 14.9 Å². The first kappa shape index (κ1) is 21.4. The van der Waals surface area contributed by atoms with E-state index < -0.39 is 36.5 Å². The molecule has 9 heteroatoms. The second-order valence-electron chi connectivity index (χ2n) is 5.78. The summed E-state index contributed by atoms with van der Waals surface area (Å²) in [4.78, 5) is 47.7. The number of hydrogen-bond donors (Lipinski definition) is 3. The van der Waals surface area contributed by atoms with E-state index in [4.69, 9.17) is 15.2 Å². The minimum absolute atomic E-state index is 0.105. The SMILES string of the molecule is CCNC(=O)NC(=O)[C@H](OC(=O)COc1ccccc1C(N)=O)c1ccccc1. The average molecular weight is 399 g/mol. The summed E-state index contributed by atoms with van der Waals surface area (Å²) in [7, 11) is 0. The predicted octanol–water partition coefficient (Wildman–Crippen LogP) is 1.29. The fourth-order valence-electron chi connectivity index (χ4n) is 2.38. The lowest BCUT2D eigenvalue weighted by Crippen LogP contribution is -2.42. The Morgan fingerprint density at radius 2 is 1.66 bits per heavy atom. The van der Waals surface area contributed by atoms with Crippen LogP contribution in [0.5, 0.6) is 5.75 Å². The Bertz CT molecular complexity index is 885. The highest BCUT2D eigenvalue weighted by molar-refractivity contribution is 5.98. The van der Waals surface area contributed by atoms with Gasteiger partial charge in [-0.05, 0) is 19.1 Å². The van der Waals surface area contributed by atoms with Crippen LogP contribution in [0.3, 0.4) is 0 Å². The molecule has 0 aliphatic carbocycles. The third kappa shape index (κ3) is 6.35. The fraction of sp³-hybridized carbons (Fsp3) is 0.200. The molecule has 2 aromatic rings. The van der Waals surface area contributed by atoms with Crippen molar-refractivity contribution in [2.45, 2.75) is 13.0 Å². The first-order chi connectivity index (χ1) is 13.9. The van der Waals surface area contributed by atoms with Gasteiger partial charge in [-0.25, -0.2) is 9.59 Å². The Kier molecular flexibility index (Phi) is 7.72. The van der Waals surface area contributed by atoms with Gasteiger partial charge in [-0.1, -0.05) is 42.5 Å². The summed E-state index contributed by atoms with van der Waals surface area (Å²) in [6.07, 6.45) is -1.36. The molecule has 0 fully saturated rings. The van der Waals surface area contributed by atoms with Gasteiger partial charge >= 0.3 is 12.0 Å². The molecule has 0 saturated heterocycles. The molecule has 9 nitrogen and oxygen atoms in total. The number of amides is 4. The van der Waals surface area contributed by atoms with Gasteiger partial charge in [0.05, 0.1) is 5.56 Å². The van der Waals surface area contributed by atoms with Crippen molar-refractivity contribution in [2.75, 3.05) is 13.2 Å². The number of ether oxygens (including phenoxy) is 2. The minimum atomic E-state index is -1.36. The second kappa shape index (κ2) is 10.5. The topological polar surface area (TPSA) is 137 Å². The largest absolute Gasteiger partial charge is 0.481 e. The highest BCUT2D eigenvalue weighted by atomic mass is 16.6. The zero-order valence-corrected chi connectivity index (χ0v) is 15.7. The van der Waals surface area contributed by atoms with E-state index in [1.165, 1.54) is 12.1 Å². The Hall–Kier alpha value is -3.88. The zero-order valence-electron chi connectivity index (χ0n) is 15.7.